The van der Waals surface area contributed by atoms with Crippen molar-refractivity contribution in [2.45, 2.75) is 45.8 Å². The third-order valence-electron chi connectivity index (χ3n) is 3.56. The van der Waals surface area contributed by atoms with Crippen molar-refractivity contribution in [2.24, 2.45) is 0 Å². The van der Waals surface area contributed by atoms with Crippen LogP contribution in [0.2, 0.25) is 23.2 Å². The average molecular weight is 283 g/mol. The van der Waals surface area contributed by atoms with E-state index in [0.717, 1.165) is 16.3 Å². The predicted octanol–water partition coefficient (Wildman–Crippen LogP) is 5.72. The predicted molar refractivity (Wildman–Crippen MR) is 83.4 cm³/mol. The maximum Gasteiger partial charge on any atom is 0.250 e. The smallest absolute Gasteiger partial charge is 0.250 e. The molecule has 0 aliphatic carbocycles. The molecule has 1 aromatic rings. The van der Waals surface area contributed by atoms with E-state index in [-0.39, 0.29) is 5.04 Å². The Labute approximate surface area is 117 Å². The van der Waals surface area contributed by atoms with Gasteiger partial charge in [0.2, 0.25) is 8.32 Å². The minimum Gasteiger partial charge on any atom is -0.543 e. The second kappa shape index (κ2) is 5.50. The molecule has 0 saturated heterocycles. The van der Waals surface area contributed by atoms with Crippen LogP contribution in [0.15, 0.2) is 30.3 Å². The highest BCUT2D eigenvalue weighted by molar-refractivity contribution is 6.74. The Bertz CT molecular complexity index is 427. The Balaban J connectivity index is 2.97. The summed E-state index contributed by atoms with van der Waals surface area (Å²) in [5.41, 5.74) is 1.09. The lowest BCUT2D eigenvalue weighted by Crippen LogP contribution is -2.40. The molecule has 0 amide bonds. The van der Waals surface area contributed by atoms with Crippen molar-refractivity contribution >= 4 is 25.7 Å². The molecule has 0 heterocycles. The fraction of sp³-hybridized carbons (Fsp3) is 0.467. The summed E-state index contributed by atoms with van der Waals surface area (Å²) in [6.45, 7) is 13.3. The van der Waals surface area contributed by atoms with Crippen LogP contribution in [-0.2, 0) is 4.43 Å². The first-order valence-electron chi connectivity index (χ1n) is 6.28. The topological polar surface area (TPSA) is 9.23 Å². The molecular formula is C15H23ClOSi. The van der Waals surface area contributed by atoms with Crippen molar-refractivity contribution < 1.29 is 4.43 Å². The van der Waals surface area contributed by atoms with E-state index < -0.39 is 8.32 Å². The molecule has 0 radical (unpaired) electrons. The number of hydrogen-bond acceptors (Lipinski definition) is 1. The number of rotatable bonds is 3. The molecule has 0 aliphatic rings. The lowest BCUT2D eigenvalue weighted by atomic mass is 10.2. The van der Waals surface area contributed by atoms with Crippen LogP contribution < -0.4 is 0 Å². The van der Waals surface area contributed by atoms with Gasteiger partial charge in [-0.3, -0.25) is 0 Å². The van der Waals surface area contributed by atoms with Crippen molar-refractivity contribution in [3.63, 3.8) is 0 Å². The van der Waals surface area contributed by atoms with E-state index in [1.807, 2.05) is 37.3 Å². The van der Waals surface area contributed by atoms with Crippen molar-refractivity contribution in [3.05, 3.63) is 40.9 Å². The van der Waals surface area contributed by atoms with Crippen molar-refractivity contribution in [2.75, 3.05) is 0 Å². The van der Waals surface area contributed by atoms with Crippen molar-refractivity contribution in [3.8, 4) is 0 Å². The first-order valence-corrected chi connectivity index (χ1v) is 9.57. The van der Waals surface area contributed by atoms with E-state index in [9.17, 15) is 0 Å². The number of hydrogen-bond donors (Lipinski definition) is 0. The van der Waals surface area contributed by atoms with Crippen LogP contribution in [0.1, 0.15) is 33.3 Å². The quantitative estimate of drug-likeness (QED) is 0.509. The molecule has 0 spiro atoms. The van der Waals surface area contributed by atoms with Gasteiger partial charge >= 0.3 is 0 Å². The molecule has 1 aromatic carbocycles. The van der Waals surface area contributed by atoms with Gasteiger partial charge in [-0.15, -0.1) is 0 Å². The maximum absolute atomic E-state index is 6.33. The summed E-state index contributed by atoms with van der Waals surface area (Å²) in [5, 5.41) is 0.953. The van der Waals surface area contributed by atoms with Gasteiger partial charge < -0.3 is 4.43 Å². The van der Waals surface area contributed by atoms with Crippen LogP contribution in [0.4, 0.5) is 0 Å². The van der Waals surface area contributed by atoms with Crippen LogP contribution in [0, 0.1) is 0 Å². The summed E-state index contributed by atoms with van der Waals surface area (Å²) in [6, 6.07) is 7.81. The number of halogens is 1. The molecule has 1 nitrogen and oxygen atoms in total. The zero-order chi connectivity index (χ0) is 14.0. The highest BCUT2D eigenvalue weighted by Crippen LogP contribution is 2.39. The summed E-state index contributed by atoms with van der Waals surface area (Å²) in [7, 11) is -1.79. The van der Waals surface area contributed by atoms with E-state index in [1.165, 1.54) is 0 Å². The monoisotopic (exact) mass is 282 g/mol. The molecule has 0 saturated carbocycles. The van der Waals surface area contributed by atoms with E-state index in [1.54, 1.807) is 0 Å². The lowest BCUT2D eigenvalue weighted by Gasteiger charge is -2.37. The summed E-state index contributed by atoms with van der Waals surface area (Å²) in [5.74, 6) is 0.957. The number of benzene rings is 1. The minimum absolute atomic E-state index is 0.202. The summed E-state index contributed by atoms with van der Waals surface area (Å²) >= 11 is 5.91. The highest BCUT2D eigenvalue weighted by Gasteiger charge is 2.39. The molecule has 3 heteroatoms. The zero-order valence-electron chi connectivity index (χ0n) is 12.2. The van der Waals surface area contributed by atoms with Gasteiger partial charge in [-0.2, -0.15) is 0 Å². The maximum atomic E-state index is 6.33. The van der Waals surface area contributed by atoms with E-state index in [0.29, 0.717) is 0 Å². The van der Waals surface area contributed by atoms with Gasteiger partial charge in [0.1, 0.15) is 5.76 Å². The fourth-order valence-corrected chi connectivity index (χ4v) is 2.54. The third kappa shape index (κ3) is 3.63. The Morgan fingerprint density at radius 3 is 2.06 bits per heavy atom. The largest absolute Gasteiger partial charge is 0.543 e. The van der Waals surface area contributed by atoms with Crippen molar-refractivity contribution in [1.82, 2.24) is 0 Å². The molecule has 18 heavy (non-hydrogen) atoms. The fourth-order valence-electron chi connectivity index (χ4n) is 1.33. The van der Waals surface area contributed by atoms with Gasteiger partial charge in [-0.05, 0) is 55.4 Å². The molecule has 0 aliphatic heterocycles. The normalized spacial score (nSPS) is 13.6. The Morgan fingerprint density at radius 2 is 1.67 bits per heavy atom. The number of allylic oxidation sites excluding steroid dienone is 1. The zero-order valence-corrected chi connectivity index (χ0v) is 13.9. The molecule has 100 valence electrons. The minimum atomic E-state index is -1.79. The standard InChI is InChI=1S/C15H23ClOSi/c1-7-14(12-8-10-13(16)11-9-12)17-18(5,6)15(2,3)4/h7-11H,1-6H3/b14-7+. The van der Waals surface area contributed by atoms with Gasteiger partial charge in [-0.25, -0.2) is 0 Å². The Kier molecular flexibility index (Phi) is 4.68. The van der Waals surface area contributed by atoms with E-state index >= 15 is 0 Å². The molecule has 0 bridgehead atoms. The van der Waals surface area contributed by atoms with Crippen LogP contribution in [0.25, 0.3) is 5.76 Å². The van der Waals surface area contributed by atoms with Gasteiger partial charge in [0, 0.05) is 10.6 Å². The SMILES string of the molecule is C/C=C(/O[Si](C)(C)C(C)(C)C)c1ccc(Cl)cc1. The molecule has 0 aromatic heterocycles. The Hall–Kier alpha value is -0.733. The summed E-state index contributed by atoms with van der Waals surface area (Å²) in [4.78, 5) is 0. The van der Waals surface area contributed by atoms with Gasteiger partial charge in [0.15, 0.2) is 0 Å². The average Bonchev–Trinajstić information content (AvgIpc) is 2.25. The summed E-state index contributed by atoms with van der Waals surface area (Å²) in [6.07, 6.45) is 2.03. The molecular weight excluding hydrogens is 260 g/mol. The van der Waals surface area contributed by atoms with E-state index in [4.69, 9.17) is 16.0 Å². The summed E-state index contributed by atoms with van der Waals surface area (Å²) < 4.78 is 6.33. The van der Waals surface area contributed by atoms with Crippen molar-refractivity contribution in [1.29, 1.82) is 0 Å². The van der Waals surface area contributed by atoms with Crippen LogP contribution in [0.3, 0.4) is 0 Å². The van der Waals surface area contributed by atoms with Gasteiger partial charge in [0.05, 0.1) is 0 Å². The first-order chi connectivity index (χ1) is 8.17. The molecule has 0 fully saturated rings. The second-order valence-corrected chi connectivity index (χ2v) is 11.2. The highest BCUT2D eigenvalue weighted by atomic mass is 35.5. The molecule has 0 atom stereocenters. The van der Waals surface area contributed by atoms with Crippen LogP contribution >= 0.6 is 11.6 Å². The van der Waals surface area contributed by atoms with Crippen LogP contribution in [-0.4, -0.2) is 8.32 Å². The van der Waals surface area contributed by atoms with Crippen LogP contribution in [0.5, 0.6) is 0 Å². The first kappa shape index (κ1) is 15.3. The lowest BCUT2D eigenvalue weighted by molar-refractivity contribution is 0.457. The molecule has 1 rings (SSSR count). The van der Waals surface area contributed by atoms with Gasteiger partial charge in [0.25, 0.3) is 0 Å². The van der Waals surface area contributed by atoms with Gasteiger partial charge in [-0.1, -0.05) is 32.4 Å². The van der Waals surface area contributed by atoms with E-state index in [2.05, 4.69) is 33.9 Å². The molecule has 0 unspecified atom stereocenters. The Morgan fingerprint density at radius 1 is 1.17 bits per heavy atom. The third-order valence-corrected chi connectivity index (χ3v) is 8.16. The second-order valence-electron chi connectivity index (χ2n) is 6.02. The molecule has 0 N–H and O–H groups in total.